The van der Waals surface area contributed by atoms with Crippen LogP contribution in [0.25, 0.3) is 16.8 Å². The summed E-state index contributed by atoms with van der Waals surface area (Å²) < 4.78 is 2.03. The molecule has 3 nitrogen and oxygen atoms in total. The summed E-state index contributed by atoms with van der Waals surface area (Å²) in [4.78, 5) is 4.73. The van der Waals surface area contributed by atoms with Crippen LogP contribution in [-0.4, -0.2) is 14.7 Å². The van der Waals surface area contributed by atoms with Crippen molar-refractivity contribution in [2.75, 3.05) is 0 Å². The summed E-state index contributed by atoms with van der Waals surface area (Å²) >= 11 is 6.37. The smallest absolute Gasteiger partial charge is 0.118 e. The van der Waals surface area contributed by atoms with Crippen molar-refractivity contribution in [3.63, 3.8) is 0 Å². The molecule has 0 unspecified atom stereocenters. The summed E-state index contributed by atoms with van der Waals surface area (Å²) in [6.07, 6.45) is 2.49. The average Bonchev–Trinajstić information content (AvgIpc) is 3.15. The van der Waals surface area contributed by atoms with E-state index >= 15 is 0 Å². The third-order valence-electron chi connectivity index (χ3n) is 4.96. The van der Waals surface area contributed by atoms with Gasteiger partial charge in [0.2, 0.25) is 0 Å². The van der Waals surface area contributed by atoms with Crippen molar-refractivity contribution in [1.82, 2.24) is 9.55 Å². The first-order valence-corrected chi connectivity index (χ1v) is 10.00. The third kappa shape index (κ3) is 4.26. The van der Waals surface area contributed by atoms with E-state index in [-0.39, 0.29) is 0 Å². The van der Waals surface area contributed by atoms with E-state index in [1.54, 1.807) is 13.8 Å². The summed E-state index contributed by atoms with van der Waals surface area (Å²) in [5, 5.41) is 11.2. The molecule has 4 aromatic rings. The summed E-state index contributed by atoms with van der Waals surface area (Å²) in [5.41, 5.74) is 3.94. The molecule has 0 aliphatic rings. The van der Waals surface area contributed by atoms with Crippen LogP contribution in [-0.2, 0) is 12.0 Å². The Balaban J connectivity index is 1.74. The van der Waals surface area contributed by atoms with E-state index in [9.17, 15) is 5.11 Å². The van der Waals surface area contributed by atoms with Crippen LogP contribution in [0.3, 0.4) is 0 Å². The lowest BCUT2D eigenvalue weighted by Gasteiger charge is -2.13. The summed E-state index contributed by atoms with van der Waals surface area (Å²) in [7, 11) is 0. The third-order valence-corrected chi connectivity index (χ3v) is 5.33. The van der Waals surface area contributed by atoms with Gasteiger partial charge in [-0.2, -0.15) is 0 Å². The first-order valence-electron chi connectivity index (χ1n) is 9.62. The Morgan fingerprint density at radius 3 is 2.14 bits per heavy atom. The molecule has 0 radical (unpaired) electrons. The lowest BCUT2D eigenvalue weighted by Crippen LogP contribution is -2.15. The van der Waals surface area contributed by atoms with Crippen LogP contribution in [0.1, 0.15) is 30.9 Å². The zero-order chi connectivity index (χ0) is 20.4. The van der Waals surface area contributed by atoms with E-state index in [0.29, 0.717) is 17.1 Å². The lowest BCUT2D eigenvalue weighted by molar-refractivity contribution is 0.0741. The van der Waals surface area contributed by atoms with E-state index in [0.717, 1.165) is 22.6 Å². The molecule has 0 atom stereocenters. The standard InChI is InChI=1S/C25H23ClN2O/c1-25(2,29)23-17-28(24(27-23)16-20-10-6-7-11-22(20)26)21-14-12-19(13-15-21)18-8-4-3-5-9-18/h3-15,17,29H,16H2,1-2H3. The van der Waals surface area contributed by atoms with Gasteiger partial charge in [-0.15, -0.1) is 0 Å². The highest BCUT2D eigenvalue weighted by Gasteiger charge is 2.22. The maximum atomic E-state index is 10.5. The second-order valence-corrected chi connectivity index (χ2v) is 8.06. The number of nitrogens with zero attached hydrogens (tertiary/aromatic N) is 2. The normalized spacial score (nSPS) is 11.6. The van der Waals surface area contributed by atoms with Gasteiger partial charge < -0.3 is 9.67 Å². The van der Waals surface area contributed by atoms with Gasteiger partial charge in [0.1, 0.15) is 11.4 Å². The molecule has 146 valence electrons. The highest BCUT2D eigenvalue weighted by Crippen LogP contribution is 2.27. The number of halogens is 1. The zero-order valence-corrected chi connectivity index (χ0v) is 17.3. The molecular weight excluding hydrogens is 380 g/mol. The second kappa shape index (κ2) is 7.86. The maximum absolute atomic E-state index is 10.5. The number of benzene rings is 3. The van der Waals surface area contributed by atoms with Gasteiger partial charge >= 0.3 is 0 Å². The molecule has 1 aromatic heterocycles. The molecular formula is C25H23ClN2O. The molecule has 0 saturated heterocycles. The van der Waals surface area contributed by atoms with Crippen LogP contribution in [0.15, 0.2) is 85.1 Å². The zero-order valence-electron chi connectivity index (χ0n) is 16.5. The number of imidazole rings is 1. The van der Waals surface area contributed by atoms with Crippen LogP contribution in [0.2, 0.25) is 5.02 Å². The Morgan fingerprint density at radius 2 is 1.48 bits per heavy atom. The summed E-state index contributed by atoms with van der Waals surface area (Å²) in [5.74, 6) is 0.836. The minimum absolute atomic E-state index is 0.580. The fourth-order valence-electron chi connectivity index (χ4n) is 3.32. The SMILES string of the molecule is CC(C)(O)c1cn(-c2ccc(-c3ccccc3)cc2)c(Cc2ccccc2Cl)n1. The summed E-state index contributed by atoms with van der Waals surface area (Å²) in [6.45, 7) is 3.49. The number of hydrogen-bond acceptors (Lipinski definition) is 2. The van der Waals surface area contributed by atoms with E-state index in [1.165, 1.54) is 5.56 Å². The largest absolute Gasteiger partial charge is 0.384 e. The predicted octanol–water partition coefficient (Wildman–Crippen LogP) is 6.01. The molecule has 3 aromatic carbocycles. The molecule has 1 N–H and O–H groups in total. The highest BCUT2D eigenvalue weighted by molar-refractivity contribution is 6.31. The molecule has 0 aliphatic carbocycles. The van der Waals surface area contributed by atoms with Crippen molar-refractivity contribution in [3.8, 4) is 16.8 Å². The molecule has 1 heterocycles. The number of hydrogen-bond donors (Lipinski definition) is 1. The van der Waals surface area contributed by atoms with Crippen molar-refractivity contribution in [3.05, 3.63) is 107 Å². The maximum Gasteiger partial charge on any atom is 0.118 e. The Kier molecular flexibility index (Phi) is 5.27. The van der Waals surface area contributed by atoms with E-state index in [2.05, 4.69) is 36.4 Å². The van der Waals surface area contributed by atoms with Gasteiger partial charge in [0.15, 0.2) is 0 Å². The minimum atomic E-state index is -1.02. The van der Waals surface area contributed by atoms with Crippen LogP contribution in [0.4, 0.5) is 0 Å². The first-order chi connectivity index (χ1) is 13.9. The van der Waals surface area contributed by atoms with E-state index in [4.69, 9.17) is 16.6 Å². The van der Waals surface area contributed by atoms with E-state index < -0.39 is 5.60 Å². The molecule has 0 saturated carbocycles. The second-order valence-electron chi connectivity index (χ2n) is 7.65. The molecule has 4 heteroatoms. The average molecular weight is 403 g/mol. The lowest BCUT2D eigenvalue weighted by atomic mass is 10.1. The minimum Gasteiger partial charge on any atom is -0.384 e. The monoisotopic (exact) mass is 402 g/mol. The molecule has 0 bridgehead atoms. The van der Waals surface area contributed by atoms with Crippen molar-refractivity contribution < 1.29 is 5.11 Å². The number of rotatable bonds is 5. The topological polar surface area (TPSA) is 38.0 Å². The molecule has 4 rings (SSSR count). The Bertz CT molecular complexity index is 1110. The fourth-order valence-corrected chi connectivity index (χ4v) is 3.52. The van der Waals surface area contributed by atoms with Crippen LogP contribution in [0, 0.1) is 0 Å². The van der Waals surface area contributed by atoms with Gasteiger partial charge in [0.25, 0.3) is 0 Å². The Morgan fingerprint density at radius 1 is 0.862 bits per heavy atom. The van der Waals surface area contributed by atoms with Crippen LogP contribution < -0.4 is 0 Å². The van der Waals surface area contributed by atoms with Gasteiger partial charge in [-0.25, -0.2) is 4.98 Å². The van der Waals surface area contributed by atoms with E-state index in [1.807, 2.05) is 53.2 Å². The first kappa shape index (κ1) is 19.4. The molecule has 0 amide bonds. The van der Waals surface area contributed by atoms with Gasteiger partial charge in [-0.05, 0) is 48.7 Å². The van der Waals surface area contributed by atoms with Gasteiger partial charge in [0, 0.05) is 23.3 Å². The van der Waals surface area contributed by atoms with Crippen molar-refractivity contribution in [2.24, 2.45) is 0 Å². The Labute approximate surface area is 176 Å². The molecule has 0 fully saturated rings. The van der Waals surface area contributed by atoms with Crippen LogP contribution >= 0.6 is 11.6 Å². The predicted molar refractivity (Wildman–Crippen MR) is 119 cm³/mol. The quantitative estimate of drug-likeness (QED) is 0.443. The highest BCUT2D eigenvalue weighted by atomic mass is 35.5. The number of aliphatic hydroxyl groups is 1. The van der Waals surface area contributed by atoms with Gasteiger partial charge in [0.05, 0.1) is 5.69 Å². The number of aromatic nitrogens is 2. The van der Waals surface area contributed by atoms with Crippen molar-refractivity contribution in [2.45, 2.75) is 25.9 Å². The summed E-state index contributed by atoms with van der Waals surface area (Å²) in [6, 6.07) is 26.4. The molecule has 0 aliphatic heterocycles. The molecule has 0 spiro atoms. The Hall–Kier alpha value is -2.88. The van der Waals surface area contributed by atoms with Crippen LogP contribution in [0.5, 0.6) is 0 Å². The van der Waals surface area contributed by atoms with Gasteiger partial charge in [-0.1, -0.05) is 72.3 Å². The van der Waals surface area contributed by atoms with Gasteiger partial charge in [-0.3, -0.25) is 0 Å². The van der Waals surface area contributed by atoms with Crippen molar-refractivity contribution >= 4 is 11.6 Å². The van der Waals surface area contributed by atoms with Crippen molar-refractivity contribution in [1.29, 1.82) is 0 Å². The molecule has 29 heavy (non-hydrogen) atoms. The fraction of sp³-hybridized carbons (Fsp3) is 0.160.